The number of nitro groups is 1. The van der Waals surface area contributed by atoms with Crippen molar-refractivity contribution in [3.63, 3.8) is 0 Å². The summed E-state index contributed by atoms with van der Waals surface area (Å²) in [5.41, 5.74) is 0.556. The Morgan fingerprint density at radius 2 is 2.15 bits per heavy atom. The van der Waals surface area contributed by atoms with Gasteiger partial charge < -0.3 is 9.73 Å². The summed E-state index contributed by atoms with van der Waals surface area (Å²) in [6.07, 6.45) is 3.25. The van der Waals surface area contributed by atoms with Gasteiger partial charge in [-0.25, -0.2) is 4.79 Å². The Bertz CT molecular complexity index is 1000. The molecule has 1 N–H and O–H groups in total. The van der Waals surface area contributed by atoms with Gasteiger partial charge in [0.15, 0.2) is 5.58 Å². The van der Waals surface area contributed by atoms with Crippen molar-refractivity contribution in [2.24, 2.45) is 16.7 Å². The van der Waals surface area contributed by atoms with E-state index in [9.17, 15) is 19.7 Å². The molecule has 144 valence electrons. The van der Waals surface area contributed by atoms with Crippen molar-refractivity contribution in [1.82, 2.24) is 9.88 Å². The van der Waals surface area contributed by atoms with Gasteiger partial charge in [-0.05, 0) is 42.1 Å². The molecule has 8 nitrogen and oxygen atoms in total. The highest BCUT2D eigenvalue weighted by atomic mass is 16.6. The van der Waals surface area contributed by atoms with Crippen LogP contribution in [0.5, 0.6) is 0 Å². The second-order valence-electron chi connectivity index (χ2n) is 8.59. The molecule has 8 heteroatoms. The molecule has 27 heavy (non-hydrogen) atoms. The summed E-state index contributed by atoms with van der Waals surface area (Å²) in [6.45, 7) is 6.63. The van der Waals surface area contributed by atoms with E-state index in [1.165, 1.54) is 29.2 Å². The minimum atomic E-state index is -0.694. The van der Waals surface area contributed by atoms with Crippen molar-refractivity contribution in [3.05, 3.63) is 38.9 Å². The maximum Gasteiger partial charge on any atom is 0.420 e. The van der Waals surface area contributed by atoms with Crippen LogP contribution in [0.4, 0.5) is 5.69 Å². The van der Waals surface area contributed by atoms with Crippen LogP contribution < -0.4 is 11.1 Å². The van der Waals surface area contributed by atoms with Crippen molar-refractivity contribution in [1.29, 1.82) is 0 Å². The van der Waals surface area contributed by atoms with Crippen molar-refractivity contribution in [2.45, 2.75) is 52.6 Å². The van der Waals surface area contributed by atoms with Crippen molar-refractivity contribution in [3.8, 4) is 0 Å². The zero-order valence-electron chi connectivity index (χ0n) is 15.7. The predicted octanol–water partition coefficient (Wildman–Crippen LogP) is 2.83. The van der Waals surface area contributed by atoms with Gasteiger partial charge in [0, 0.05) is 12.1 Å². The molecule has 0 unspecified atom stereocenters. The molecule has 0 aliphatic heterocycles. The summed E-state index contributed by atoms with van der Waals surface area (Å²) in [4.78, 5) is 35.1. The Kier molecular flexibility index (Phi) is 3.73. The molecule has 2 aliphatic carbocycles. The Balaban J connectivity index is 1.55. The predicted molar refractivity (Wildman–Crippen MR) is 98.3 cm³/mol. The fraction of sp³-hybridized carbons (Fsp3) is 0.579. The van der Waals surface area contributed by atoms with E-state index in [2.05, 4.69) is 26.1 Å². The summed E-state index contributed by atoms with van der Waals surface area (Å²) < 4.78 is 6.30. The molecule has 4 rings (SSSR count). The maximum absolute atomic E-state index is 12.6. The Morgan fingerprint density at radius 3 is 2.74 bits per heavy atom. The van der Waals surface area contributed by atoms with Crippen LogP contribution in [-0.2, 0) is 11.3 Å². The van der Waals surface area contributed by atoms with Crippen LogP contribution in [0.15, 0.2) is 27.4 Å². The molecule has 2 fully saturated rings. The molecule has 1 aromatic heterocycles. The van der Waals surface area contributed by atoms with Crippen LogP contribution in [0.1, 0.15) is 40.0 Å². The van der Waals surface area contributed by atoms with E-state index < -0.39 is 10.7 Å². The van der Waals surface area contributed by atoms with Gasteiger partial charge in [0.25, 0.3) is 5.69 Å². The highest BCUT2D eigenvalue weighted by Crippen LogP contribution is 2.65. The fourth-order valence-electron chi connectivity index (χ4n) is 5.12. The van der Waals surface area contributed by atoms with Crippen molar-refractivity contribution in [2.75, 3.05) is 0 Å². The molecule has 0 spiro atoms. The second-order valence-corrected chi connectivity index (χ2v) is 8.59. The van der Waals surface area contributed by atoms with E-state index in [4.69, 9.17) is 4.42 Å². The van der Waals surface area contributed by atoms with E-state index in [-0.39, 0.29) is 40.6 Å². The lowest BCUT2D eigenvalue weighted by Crippen LogP contribution is -2.48. The van der Waals surface area contributed by atoms with Crippen LogP contribution in [0.2, 0.25) is 0 Å². The van der Waals surface area contributed by atoms with E-state index >= 15 is 0 Å². The lowest BCUT2D eigenvalue weighted by Gasteiger charge is -2.39. The number of carbonyl (C=O) groups excluding carboxylic acids is 1. The topological polar surface area (TPSA) is 107 Å². The normalized spacial score (nSPS) is 28.6. The monoisotopic (exact) mass is 373 g/mol. The first kappa shape index (κ1) is 17.8. The quantitative estimate of drug-likeness (QED) is 0.655. The number of non-ortho nitro benzene ring substituents is 1. The molecule has 0 saturated heterocycles. The zero-order valence-corrected chi connectivity index (χ0v) is 15.7. The molecule has 0 radical (unpaired) electrons. The number of carbonyl (C=O) groups is 1. The van der Waals surface area contributed by atoms with Gasteiger partial charge in [0.2, 0.25) is 5.91 Å². The summed E-state index contributed by atoms with van der Waals surface area (Å²) in [5.74, 6) is -0.335. The number of benzene rings is 1. The van der Waals surface area contributed by atoms with Gasteiger partial charge in [-0.15, -0.1) is 0 Å². The number of nitro benzene ring substituents is 1. The third kappa shape index (κ3) is 2.49. The molecular formula is C19H23N3O5. The third-order valence-corrected chi connectivity index (χ3v) is 7.29. The first-order valence-electron chi connectivity index (χ1n) is 9.20. The highest BCUT2D eigenvalue weighted by molar-refractivity contribution is 5.80. The van der Waals surface area contributed by atoms with E-state index in [1.807, 2.05) is 0 Å². The van der Waals surface area contributed by atoms with Crippen LogP contribution >= 0.6 is 0 Å². The number of rotatable bonds is 4. The number of aromatic nitrogens is 1. The molecular weight excluding hydrogens is 350 g/mol. The first-order chi connectivity index (χ1) is 12.6. The van der Waals surface area contributed by atoms with Crippen molar-refractivity contribution < 1.29 is 14.1 Å². The summed E-state index contributed by atoms with van der Waals surface area (Å²) in [5, 5.41) is 14.0. The van der Waals surface area contributed by atoms with Gasteiger partial charge in [0.1, 0.15) is 6.54 Å². The molecule has 3 atom stereocenters. The molecule has 2 aliphatic rings. The molecule has 1 heterocycles. The minimum Gasteiger partial charge on any atom is -0.407 e. The summed E-state index contributed by atoms with van der Waals surface area (Å²) in [6, 6.07) is 4.03. The van der Waals surface area contributed by atoms with E-state index in [1.54, 1.807) is 0 Å². The largest absolute Gasteiger partial charge is 0.420 e. The number of hydrogen-bond acceptors (Lipinski definition) is 5. The number of hydrogen-bond donors (Lipinski definition) is 1. The SMILES string of the molecule is CC1(C)[C@H]2CC[C@@]1(C)[C@H](NC(=O)Cn1c(=O)oc3cc([N+](=O)[O-])ccc31)C2. The van der Waals surface area contributed by atoms with Gasteiger partial charge >= 0.3 is 5.76 Å². The van der Waals surface area contributed by atoms with E-state index in [0.717, 1.165) is 12.8 Å². The summed E-state index contributed by atoms with van der Waals surface area (Å²) in [7, 11) is 0. The van der Waals surface area contributed by atoms with Gasteiger partial charge in [-0.2, -0.15) is 0 Å². The number of fused-ring (bicyclic) bond motifs is 3. The Hall–Kier alpha value is -2.64. The van der Waals surface area contributed by atoms with Gasteiger partial charge in [0.05, 0.1) is 16.5 Å². The van der Waals surface area contributed by atoms with Crippen LogP contribution in [0.25, 0.3) is 11.1 Å². The van der Waals surface area contributed by atoms with Gasteiger partial charge in [-0.3, -0.25) is 19.5 Å². The standard InChI is InChI=1S/C19H23N3O5/c1-18(2)11-6-7-19(18,3)15(8-11)20-16(23)10-21-13-5-4-12(22(25)26)9-14(13)27-17(21)24/h4-5,9,11,15H,6-8,10H2,1-3H3,(H,20,23)/t11-,15+,19-/m0/s1. The second kappa shape index (κ2) is 5.68. The number of oxazole rings is 1. The molecule has 1 aromatic carbocycles. The fourth-order valence-corrected chi connectivity index (χ4v) is 5.12. The molecule has 2 saturated carbocycles. The van der Waals surface area contributed by atoms with Gasteiger partial charge in [-0.1, -0.05) is 20.8 Å². The number of nitrogens with one attached hydrogen (secondary N) is 1. The van der Waals surface area contributed by atoms with E-state index in [0.29, 0.717) is 11.4 Å². The molecule has 2 aromatic rings. The molecule has 1 amide bonds. The average molecular weight is 373 g/mol. The molecule has 2 bridgehead atoms. The number of amides is 1. The minimum absolute atomic E-state index is 0.0529. The number of nitrogens with zero attached hydrogens (tertiary/aromatic N) is 2. The Morgan fingerprint density at radius 1 is 1.41 bits per heavy atom. The first-order valence-corrected chi connectivity index (χ1v) is 9.20. The highest BCUT2D eigenvalue weighted by Gasteiger charge is 2.61. The summed E-state index contributed by atoms with van der Waals surface area (Å²) >= 11 is 0. The van der Waals surface area contributed by atoms with Crippen LogP contribution in [0, 0.1) is 26.9 Å². The third-order valence-electron chi connectivity index (χ3n) is 7.29. The Labute approximate surface area is 155 Å². The van der Waals surface area contributed by atoms with Crippen LogP contribution in [-0.4, -0.2) is 21.4 Å². The van der Waals surface area contributed by atoms with Crippen LogP contribution in [0.3, 0.4) is 0 Å². The lowest BCUT2D eigenvalue weighted by molar-refractivity contribution is -0.384. The average Bonchev–Trinajstić information content (AvgIpc) is 3.09. The smallest absolute Gasteiger partial charge is 0.407 e. The lowest BCUT2D eigenvalue weighted by atomic mass is 9.69. The van der Waals surface area contributed by atoms with Crippen molar-refractivity contribution >= 4 is 22.7 Å². The maximum atomic E-state index is 12.6. The zero-order chi connectivity index (χ0) is 19.6.